The van der Waals surface area contributed by atoms with Crippen molar-refractivity contribution in [3.05, 3.63) is 36.8 Å². The van der Waals surface area contributed by atoms with Gasteiger partial charge in [-0.15, -0.1) is 6.58 Å². The van der Waals surface area contributed by atoms with E-state index in [0.29, 0.717) is 0 Å². The lowest BCUT2D eigenvalue weighted by atomic mass is 10.2. The summed E-state index contributed by atoms with van der Waals surface area (Å²) >= 11 is 0. The van der Waals surface area contributed by atoms with Gasteiger partial charge >= 0.3 is 0 Å². The SMILES string of the molecule is C=CCCC/C(N)=C/N/C=C/C. The topological polar surface area (TPSA) is 38.0 Å². The average molecular weight is 166 g/mol. The minimum absolute atomic E-state index is 0.884. The molecule has 0 aromatic heterocycles. The van der Waals surface area contributed by atoms with Gasteiger partial charge in [0.2, 0.25) is 0 Å². The van der Waals surface area contributed by atoms with Crippen molar-refractivity contribution in [3.63, 3.8) is 0 Å². The molecule has 12 heavy (non-hydrogen) atoms. The van der Waals surface area contributed by atoms with Gasteiger partial charge in [0.25, 0.3) is 0 Å². The lowest BCUT2D eigenvalue weighted by Crippen LogP contribution is -2.03. The summed E-state index contributed by atoms with van der Waals surface area (Å²) in [5.74, 6) is 0. The van der Waals surface area contributed by atoms with Gasteiger partial charge in [-0.25, -0.2) is 0 Å². The minimum Gasteiger partial charge on any atom is -0.401 e. The van der Waals surface area contributed by atoms with Crippen LogP contribution in [0, 0.1) is 0 Å². The predicted molar refractivity (Wildman–Crippen MR) is 54.3 cm³/mol. The first-order chi connectivity index (χ1) is 5.81. The standard InChI is InChI=1S/C10H18N2/c1-3-5-6-7-10(11)9-12-8-4-2/h3-4,8-9,12H,1,5-7,11H2,2H3/b8-4+,10-9-. The van der Waals surface area contributed by atoms with Crippen LogP contribution in [-0.2, 0) is 0 Å². The molecule has 0 saturated carbocycles. The highest BCUT2D eigenvalue weighted by atomic mass is 14.8. The summed E-state index contributed by atoms with van der Waals surface area (Å²) in [6.07, 6.45) is 10.5. The number of unbranched alkanes of at least 4 members (excludes halogenated alkanes) is 1. The first kappa shape index (κ1) is 10.8. The van der Waals surface area contributed by atoms with Crippen LogP contribution in [0.5, 0.6) is 0 Å². The van der Waals surface area contributed by atoms with Crippen molar-refractivity contribution in [1.82, 2.24) is 5.32 Å². The van der Waals surface area contributed by atoms with E-state index in [4.69, 9.17) is 5.73 Å². The second kappa shape index (κ2) is 7.92. The molecule has 0 aromatic carbocycles. The van der Waals surface area contributed by atoms with Crippen molar-refractivity contribution >= 4 is 0 Å². The summed E-state index contributed by atoms with van der Waals surface area (Å²) in [6, 6.07) is 0. The summed E-state index contributed by atoms with van der Waals surface area (Å²) in [5, 5.41) is 2.97. The normalized spacial score (nSPS) is 11.9. The third kappa shape index (κ3) is 6.93. The number of rotatable bonds is 6. The Morgan fingerprint density at radius 2 is 2.33 bits per heavy atom. The Labute approximate surface area is 74.8 Å². The number of allylic oxidation sites excluding steroid dienone is 3. The zero-order valence-corrected chi connectivity index (χ0v) is 7.72. The summed E-state index contributed by atoms with van der Waals surface area (Å²) in [5.41, 5.74) is 6.57. The molecule has 0 rings (SSSR count). The average Bonchev–Trinajstić information content (AvgIpc) is 2.06. The molecule has 3 N–H and O–H groups in total. The highest BCUT2D eigenvalue weighted by Gasteiger charge is 1.87. The second-order valence-corrected chi connectivity index (χ2v) is 2.57. The zero-order chi connectivity index (χ0) is 9.23. The molecule has 0 unspecified atom stereocenters. The zero-order valence-electron chi connectivity index (χ0n) is 7.72. The third-order valence-electron chi connectivity index (χ3n) is 1.41. The lowest BCUT2D eigenvalue weighted by Gasteiger charge is -1.98. The van der Waals surface area contributed by atoms with Gasteiger partial charge in [0.1, 0.15) is 0 Å². The van der Waals surface area contributed by atoms with Gasteiger partial charge < -0.3 is 11.1 Å². The molecule has 2 nitrogen and oxygen atoms in total. The Balaban J connectivity index is 3.48. The van der Waals surface area contributed by atoms with Crippen molar-refractivity contribution in [1.29, 1.82) is 0 Å². The molecular weight excluding hydrogens is 148 g/mol. The van der Waals surface area contributed by atoms with Crippen molar-refractivity contribution in [2.75, 3.05) is 0 Å². The van der Waals surface area contributed by atoms with E-state index in [-0.39, 0.29) is 0 Å². The van der Waals surface area contributed by atoms with Gasteiger partial charge in [-0.05, 0) is 32.4 Å². The maximum atomic E-state index is 5.69. The largest absolute Gasteiger partial charge is 0.401 e. The van der Waals surface area contributed by atoms with E-state index in [9.17, 15) is 0 Å². The highest BCUT2D eigenvalue weighted by Crippen LogP contribution is 2.00. The molecule has 0 aromatic rings. The molecule has 0 saturated heterocycles. The second-order valence-electron chi connectivity index (χ2n) is 2.57. The molecule has 2 heteroatoms. The summed E-state index contributed by atoms with van der Waals surface area (Å²) in [6.45, 7) is 5.60. The lowest BCUT2D eigenvalue weighted by molar-refractivity contribution is 0.817. The van der Waals surface area contributed by atoms with Crippen LogP contribution in [-0.4, -0.2) is 0 Å². The summed E-state index contributed by atoms with van der Waals surface area (Å²) < 4.78 is 0. The van der Waals surface area contributed by atoms with Crippen molar-refractivity contribution in [3.8, 4) is 0 Å². The molecule has 0 heterocycles. The molecule has 0 aliphatic rings. The molecule has 0 bridgehead atoms. The monoisotopic (exact) mass is 166 g/mol. The van der Waals surface area contributed by atoms with E-state index >= 15 is 0 Å². The predicted octanol–water partition coefficient (Wildman–Crippen LogP) is 2.27. The van der Waals surface area contributed by atoms with Gasteiger partial charge in [-0.1, -0.05) is 12.2 Å². The van der Waals surface area contributed by atoms with Gasteiger partial charge in [0.15, 0.2) is 0 Å². The Kier molecular flexibility index (Phi) is 7.14. The summed E-state index contributed by atoms with van der Waals surface area (Å²) in [4.78, 5) is 0. The van der Waals surface area contributed by atoms with Crippen molar-refractivity contribution in [2.45, 2.75) is 26.2 Å². The van der Waals surface area contributed by atoms with E-state index in [1.165, 1.54) is 0 Å². The van der Waals surface area contributed by atoms with Gasteiger partial charge in [-0.2, -0.15) is 0 Å². The van der Waals surface area contributed by atoms with Gasteiger partial charge in [-0.3, -0.25) is 0 Å². The van der Waals surface area contributed by atoms with Crippen LogP contribution in [0.4, 0.5) is 0 Å². The van der Waals surface area contributed by atoms with Gasteiger partial charge in [0.05, 0.1) is 0 Å². The first-order valence-electron chi connectivity index (χ1n) is 4.24. The van der Waals surface area contributed by atoms with E-state index in [2.05, 4.69) is 11.9 Å². The molecule has 0 fully saturated rings. The number of nitrogens with two attached hydrogens (primary N) is 1. The molecule has 0 aliphatic carbocycles. The van der Waals surface area contributed by atoms with Crippen LogP contribution in [0.2, 0.25) is 0 Å². The van der Waals surface area contributed by atoms with E-state index < -0.39 is 0 Å². The summed E-state index contributed by atoms with van der Waals surface area (Å²) in [7, 11) is 0. The van der Waals surface area contributed by atoms with Crippen LogP contribution in [0.3, 0.4) is 0 Å². The van der Waals surface area contributed by atoms with Gasteiger partial charge in [0, 0.05) is 11.9 Å². The minimum atomic E-state index is 0.884. The number of hydrogen-bond donors (Lipinski definition) is 2. The van der Waals surface area contributed by atoms with Crippen LogP contribution >= 0.6 is 0 Å². The molecule has 0 radical (unpaired) electrons. The third-order valence-corrected chi connectivity index (χ3v) is 1.41. The molecule has 0 atom stereocenters. The quantitative estimate of drug-likeness (QED) is 0.469. The fourth-order valence-corrected chi connectivity index (χ4v) is 0.774. The van der Waals surface area contributed by atoms with Crippen molar-refractivity contribution < 1.29 is 0 Å². The molecule has 0 aliphatic heterocycles. The smallest absolute Gasteiger partial charge is 0.0243 e. The van der Waals surface area contributed by atoms with E-state index in [1.807, 2.05) is 31.5 Å². The fourth-order valence-electron chi connectivity index (χ4n) is 0.774. The molecule has 0 amide bonds. The number of hydrogen-bond acceptors (Lipinski definition) is 2. The van der Waals surface area contributed by atoms with E-state index in [1.54, 1.807) is 0 Å². The van der Waals surface area contributed by atoms with E-state index in [0.717, 1.165) is 25.0 Å². The van der Waals surface area contributed by atoms with Crippen LogP contribution in [0.15, 0.2) is 36.8 Å². The molecular formula is C10H18N2. The van der Waals surface area contributed by atoms with Crippen molar-refractivity contribution in [2.24, 2.45) is 5.73 Å². The Morgan fingerprint density at radius 3 is 2.92 bits per heavy atom. The maximum absolute atomic E-state index is 5.69. The maximum Gasteiger partial charge on any atom is 0.0243 e. The van der Waals surface area contributed by atoms with Crippen LogP contribution in [0.1, 0.15) is 26.2 Å². The Bertz CT molecular complexity index is 169. The first-order valence-corrected chi connectivity index (χ1v) is 4.24. The Morgan fingerprint density at radius 1 is 1.58 bits per heavy atom. The molecule has 0 spiro atoms. The van der Waals surface area contributed by atoms with Crippen LogP contribution in [0.25, 0.3) is 0 Å². The molecule has 68 valence electrons. The van der Waals surface area contributed by atoms with Crippen LogP contribution < -0.4 is 11.1 Å². The number of nitrogens with one attached hydrogen (secondary N) is 1. The Hall–Kier alpha value is -1.18. The highest BCUT2D eigenvalue weighted by molar-refractivity contribution is 4.97. The fraction of sp³-hybridized carbons (Fsp3) is 0.400.